The van der Waals surface area contributed by atoms with E-state index in [-0.39, 0.29) is 0 Å². The van der Waals surface area contributed by atoms with Crippen molar-refractivity contribution in [3.8, 4) is 0 Å². The van der Waals surface area contributed by atoms with E-state index < -0.39 is 0 Å². The smallest absolute Gasteiger partial charge is 0.0189 e. The van der Waals surface area contributed by atoms with Gasteiger partial charge in [-0.15, -0.1) is 0 Å². The summed E-state index contributed by atoms with van der Waals surface area (Å²) in [7, 11) is 4.29. The first kappa shape index (κ1) is 14.7. The quantitative estimate of drug-likeness (QED) is 0.516. The lowest BCUT2D eigenvalue weighted by atomic mass is 9.91. The molecule has 0 amide bonds. The van der Waals surface area contributed by atoms with Gasteiger partial charge in [-0.1, -0.05) is 25.0 Å². The first-order valence-corrected chi connectivity index (χ1v) is 7.23. The van der Waals surface area contributed by atoms with Crippen LogP contribution < -0.4 is 5.32 Å². The van der Waals surface area contributed by atoms with Gasteiger partial charge in [0.05, 0.1) is 0 Å². The van der Waals surface area contributed by atoms with Crippen LogP contribution in [0.25, 0.3) is 0 Å². The average molecular weight is 238 g/mol. The second kappa shape index (κ2) is 8.71. The molecule has 0 aliphatic heterocycles. The van der Waals surface area contributed by atoms with E-state index in [1.807, 2.05) is 7.05 Å². The van der Waals surface area contributed by atoms with E-state index in [2.05, 4.69) is 30.3 Å². The molecule has 0 fully saturated rings. The summed E-state index contributed by atoms with van der Waals surface area (Å²) in [6.07, 6.45) is 10.5. The van der Waals surface area contributed by atoms with Gasteiger partial charge in [-0.3, -0.25) is 0 Å². The van der Waals surface area contributed by atoms with Crippen molar-refractivity contribution in [3.63, 3.8) is 0 Å². The van der Waals surface area contributed by atoms with Crippen LogP contribution in [0, 0.1) is 5.92 Å². The van der Waals surface area contributed by atoms with Crippen molar-refractivity contribution in [2.24, 2.45) is 5.92 Å². The fourth-order valence-corrected chi connectivity index (χ4v) is 2.45. The second-order valence-electron chi connectivity index (χ2n) is 5.64. The van der Waals surface area contributed by atoms with Gasteiger partial charge in [0.25, 0.3) is 0 Å². The van der Waals surface area contributed by atoms with Crippen molar-refractivity contribution in [2.45, 2.75) is 45.4 Å². The van der Waals surface area contributed by atoms with E-state index in [4.69, 9.17) is 0 Å². The zero-order valence-corrected chi connectivity index (χ0v) is 12.0. The molecule has 1 aliphatic carbocycles. The topological polar surface area (TPSA) is 15.3 Å². The Hall–Kier alpha value is -0.340. The van der Waals surface area contributed by atoms with Crippen molar-refractivity contribution < 1.29 is 0 Å². The van der Waals surface area contributed by atoms with Gasteiger partial charge in [0, 0.05) is 6.54 Å². The molecule has 0 radical (unpaired) electrons. The molecule has 0 heterocycles. The molecule has 1 atom stereocenters. The van der Waals surface area contributed by atoms with Gasteiger partial charge in [0.1, 0.15) is 0 Å². The van der Waals surface area contributed by atoms with Crippen LogP contribution in [0.1, 0.15) is 45.4 Å². The maximum atomic E-state index is 3.20. The van der Waals surface area contributed by atoms with Gasteiger partial charge in [-0.2, -0.15) is 0 Å². The fraction of sp³-hybridized carbons (Fsp3) is 0.867. The summed E-state index contributed by atoms with van der Waals surface area (Å²) in [5, 5.41) is 3.20. The van der Waals surface area contributed by atoms with Gasteiger partial charge < -0.3 is 10.2 Å². The summed E-state index contributed by atoms with van der Waals surface area (Å²) in [5.41, 5.74) is 1.67. The Labute approximate surface area is 107 Å². The molecule has 0 saturated carbocycles. The fourth-order valence-electron chi connectivity index (χ4n) is 2.45. The molecule has 17 heavy (non-hydrogen) atoms. The van der Waals surface area contributed by atoms with E-state index in [1.54, 1.807) is 5.57 Å². The number of nitrogens with one attached hydrogen (secondary N) is 1. The van der Waals surface area contributed by atoms with Crippen LogP contribution >= 0.6 is 0 Å². The van der Waals surface area contributed by atoms with E-state index in [0.717, 1.165) is 12.5 Å². The summed E-state index contributed by atoms with van der Waals surface area (Å²) < 4.78 is 0. The molecule has 0 spiro atoms. The Balaban J connectivity index is 2.06. The van der Waals surface area contributed by atoms with Gasteiger partial charge in [-0.25, -0.2) is 0 Å². The van der Waals surface area contributed by atoms with Crippen molar-refractivity contribution >= 4 is 0 Å². The Morgan fingerprint density at radius 2 is 2.18 bits per heavy atom. The molecule has 2 heteroatoms. The maximum absolute atomic E-state index is 3.20. The highest BCUT2D eigenvalue weighted by Crippen LogP contribution is 2.23. The van der Waals surface area contributed by atoms with Gasteiger partial charge in [0.2, 0.25) is 0 Å². The molecular weight excluding hydrogens is 208 g/mol. The van der Waals surface area contributed by atoms with Crippen LogP contribution in [0.3, 0.4) is 0 Å². The van der Waals surface area contributed by atoms with Crippen LogP contribution in [-0.4, -0.2) is 38.6 Å². The summed E-state index contributed by atoms with van der Waals surface area (Å²) in [4.78, 5) is 2.49. The predicted octanol–water partition coefficient (Wildman–Crippen LogP) is 3.05. The Morgan fingerprint density at radius 1 is 1.35 bits per heavy atom. The largest absolute Gasteiger partial charge is 0.320 e. The third-order valence-corrected chi connectivity index (χ3v) is 3.71. The number of hydrogen-bond acceptors (Lipinski definition) is 2. The third-order valence-electron chi connectivity index (χ3n) is 3.71. The lowest BCUT2D eigenvalue weighted by Gasteiger charge is -2.23. The lowest BCUT2D eigenvalue weighted by Crippen LogP contribution is -2.23. The zero-order chi connectivity index (χ0) is 12.5. The molecule has 0 aromatic rings. The highest BCUT2D eigenvalue weighted by Gasteiger charge is 2.11. The first-order chi connectivity index (χ1) is 8.22. The minimum atomic E-state index is 0.908. The number of nitrogens with zero attached hydrogens (tertiary/aromatic N) is 1. The van der Waals surface area contributed by atoms with Gasteiger partial charge >= 0.3 is 0 Å². The molecule has 0 aromatic heterocycles. The number of allylic oxidation sites excluding steroid dienone is 1. The van der Waals surface area contributed by atoms with Crippen molar-refractivity contribution in [1.82, 2.24) is 10.2 Å². The van der Waals surface area contributed by atoms with Crippen LogP contribution in [-0.2, 0) is 0 Å². The van der Waals surface area contributed by atoms with Crippen LogP contribution in [0.2, 0.25) is 0 Å². The molecule has 0 aromatic carbocycles. The number of unbranched alkanes of at least 4 members (excludes halogenated alkanes) is 2. The minimum absolute atomic E-state index is 0.908. The monoisotopic (exact) mass is 238 g/mol. The number of likely N-dealkylation sites (N-methyl/N-ethyl adjacent to an activating group) is 1. The summed E-state index contributed by atoms with van der Waals surface area (Å²) in [5.74, 6) is 0.908. The van der Waals surface area contributed by atoms with Crippen LogP contribution in [0.5, 0.6) is 0 Å². The van der Waals surface area contributed by atoms with Gasteiger partial charge in [-0.05, 0) is 65.2 Å². The highest BCUT2D eigenvalue weighted by atomic mass is 15.1. The van der Waals surface area contributed by atoms with E-state index >= 15 is 0 Å². The average Bonchev–Trinajstić information content (AvgIpc) is 2.32. The van der Waals surface area contributed by atoms with Crippen molar-refractivity contribution in [3.05, 3.63) is 11.6 Å². The lowest BCUT2D eigenvalue weighted by molar-refractivity contribution is 0.339. The standard InChI is InChI=1S/C15H30N2/c1-14-7-9-15(10-8-14)13-17(3)12-6-4-5-11-16-2/h9,14,16H,4-8,10-13H2,1-3H3. The molecule has 0 bridgehead atoms. The Morgan fingerprint density at radius 3 is 2.82 bits per heavy atom. The molecule has 1 rings (SSSR count). The third kappa shape index (κ3) is 6.85. The summed E-state index contributed by atoms with van der Waals surface area (Å²) >= 11 is 0. The number of rotatable bonds is 8. The van der Waals surface area contributed by atoms with E-state index in [1.165, 1.54) is 51.6 Å². The molecule has 1 N–H and O–H groups in total. The van der Waals surface area contributed by atoms with Crippen molar-refractivity contribution in [2.75, 3.05) is 33.7 Å². The first-order valence-electron chi connectivity index (χ1n) is 7.23. The second-order valence-corrected chi connectivity index (χ2v) is 5.64. The summed E-state index contributed by atoms with van der Waals surface area (Å²) in [6, 6.07) is 0. The molecule has 1 unspecified atom stereocenters. The number of hydrogen-bond donors (Lipinski definition) is 1. The van der Waals surface area contributed by atoms with Crippen LogP contribution in [0.15, 0.2) is 11.6 Å². The van der Waals surface area contributed by atoms with E-state index in [9.17, 15) is 0 Å². The summed E-state index contributed by atoms with van der Waals surface area (Å²) in [6.45, 7) is 5.96. The molecule has 100 valence electrons. The predicted molar refractivity (Wildman–Crippen MR) is 76.4 cm³/mol. The molecule has 1 aliphatic rings. The van der Waals surface area contributed by atoms with Crippen molar-refractivity contribution in [1.29, 1.82) is 0 Å². The molecule has 2 nitrogen and oxygen atoms in total. The van der Waals surface area contributed by atoms with Gasteiger partial charge in [0.15, 0.2) is 0 Å². The SMILES string of the molecule is CNCCCCCN(C)CC1=CCC(C)CC1. The highest BCUT2D eigenvalue weighted by molar-refractivity contribution is 5.08. The Kier molecular flexibility index (Phi) is 7.54. The van der Waals surface area contributed by atoms with E-state index in [0.29, 0.717) is 0 Å². The zero-order valence-electron chi connectivity index (χ0n) is 12.0. The molecule has 0 saturated heterocycles. The van der Waals surface area contributed by atoms with Crippen LogP contribution in [0.4, 0.5) is 0 Å². The normalized spacial score (nSPS) is 20.7. The maximum Gasteiger partial charge on any atom is 0.0189 e. The Bertz CT molecular complexity index is 223. The minimum Gasteiger partial charge on any atom is -0.320 e. The molecular formula is C15H30N2.